The molecule has 1 N–H and O–H groups in total. The van der Waals surface area contributed by atoms with E-state index in [4.69, 9.17) is 4.42 Å². The van der Waals surface area contributed by atoms with Crippen LogP contribution >= 0.6 is 11.8 Å². The standard InChI is InChI=1S/C12H13NO2S/c1-8-3-4-11(10(5-8)6-14)16-12-13-9(2)7-15-12/h3-5,7,14H,6H2,1-2H3. The zero-order valence-electron chi connectivity index (χ0n) is 9.23. The van der Waals surface area contributed by atoms with Gasteiger partial charge >= 0.3 is 0 Å². The SMILES string of the molecule is Cc1ccc(Sc2nc(C)co2)c(CO)c1. The Morgan fingerprint density at radius 2 is 2.19 bits per heavy atom. The number of rotatable bonds is 3. The van der Waals surface area contributed by atoms with Crippen LogP contribution < -0.4 is 0 Å². The Kier molecular flexibility index (Phi) is 3.31. The summed E-state index contributed by atoms with van der Waals surface area (Å²) in [6.45, 7) is 3.92. The molecule has 0 unspecified atom stereocenters. The smallest absolute Gasteiger partial charge is 0.260 e. The zero-order chi connectivity index (χ0) is 11.5. The van der Waals surface area contributed by atoms with Gasteiger partial charge in [-0.3, -0.25) is 0 Å². The maximum Gasteiger partial charge on any atom is 0.260 e. The monoisotopic (exact) mass is 235 g/mol. The molecule has 0 aliphatic carbocycles. The van der Waals surface area contributed by atoms with E-state index >= 15 is 0 Å². The number of hydrogen-bond acceptors (Lipinski definition) is 4. The predicted octanol–water partition coefficient (Wildman–Crippen LogP) is 2.93. The second-order valence-corrected chi connectivity index (χ2v) is 4.62. The molecule has 1 aromatic carbocycles. The van der Waals surface area contributed by atoms with E-state index in [-0.39, 0.29) is 6.61 Å². The molecule has 0 bridgehead atoms. The molecule has 0 spiro atoms. The molecule has 0 fully saturated rings. The summed E-state index contributed by atoms with van der Waals surface area (Å²) < 4.78 is 5.27. The van der Waals surface area contributed by atoms with Crippen molar-refractivity contribution in [2.24, 2.45) is 0 Å². The van der Waals surface area contributed by atoms with Crippen molar-refractivity contribution in [3.8, 4) is 0 Å². The van der Waals surface area contributed by atoms with Gasteiger partial charge in [-0.2, -0.15) is 0 Å². The summed E-state index contributed by atoms with van der Waals surface area (Å²) in [5, 5.41) is 9.87. The molecular weight excluding hydrogens is 222 g/mol. The minimum absolute atomic E-state index is 0.0315. The first kappa shape index (κ1) is 11.2. The lowest BCUT2D eigenvalue weighted by atomic mass is 10.1. The van der Waals surface area contributed by atoms with Gasteiger partial charge in [-0.25, -0.2) is 4.98 Å². The van der Waals surface area contributed by atoms with Crippen LogP contribution in [0.4, 0.5) is 0 Å². The molecule has 84 valence electrons. The second-order valence-electron chi connectivity index (χ2n) is 3.63. The fourth-order valence-corrected chi connectivity index (χ4v) is 2.27. The predicted molar refractivity (Wildman–Crippen MR) is 62.5 cm³/mol. The molecule has 16 heavy (non-hydrogen) atoms. The van der Waals surface area contributed by atoms with Crippen LogP contribution in [-0.2, 0) is 6.61 Å². The number of aliphatic hydroxyl groups excluding tert-OH is 1. The molecule has 0 amide bonds. The van der Waals surface area contributed by atoms with E-state index in [1.807, 2.05) is 32.0 Å². The number of benzene rings is 1. The molecule has 4 heteroatoms. The van der Waals surface area contributed by atoms with Crippen molar-refractivity contribution in [2.75, 3.05) is 0 Å². The van der Waals surface area contributed by atoms with Gasteiger partial charge in [0.25, 0.3) is 5.22 Å². The van der Waals surface area contributed by atoms with Gasteiger partial charge in [-0.1, -0.05) is 17.7 Å². The molecule has 1 aromatic heterocycles. The van der Waals surface area contributed by atoms with E-state index in [2.05, 4.69) is 4.98 Å². The molecule has 0 radical (unpaired) electrons. The molecule has 0 saturated carbocycles. The van der Waals surface area contributed by atoms with Gasteiger partial charge in [0.05, 0.1) is 12.3 Å². The Bertz CT molecular complexity index is 494. The largest absolute Gasteiger partial charge is 0.439 e. The maximum atomic E-state index is 9.26. The highest BCUT2D eigenvalue weighted by molar-refractivity contribution is 7.99. The highest BCUT2D eigenvalue weighted by atomic mass is 32.2. The van der Waals surface area contributed by atoms with Crippen LogP contribution in [0.25, 0.3) is 0 Å². The first-order valence-electron chi connectivity index (χ1n) is 4.99. The summed E-state index contributed by atoms with van der Waals surface area (Å²) in [4.78, 5) is 5.20. The first-order valence-corrected chi connectivity index (χ1v) is 5.81. The van der Waals surface area contributed by atoms with E-state index in [1.165, 1.54) is 11.8 Å². The number of aliphatic hydroxyl groups is 1. The van der Waals surface area contributed by atoms with Gasteiger partial charge in [-0.05, 0) is 37.2 Å². The molecule has 0 aliphatic rings. The van der Waals surface area contributed by atoms with Gasteiger partial charge < -0.3 is 9.52 Å². The lowest BCUT2D eigenvalue weighted by Crippen LogP contribution is -1.88. The molecule has 1 heterocycles. The van der Waals surface area contributed by atoms with Crippen LogP contribution in [0.2, 0.25) is 0 Å². The van der Waals surface area contributed by atoms with Crippen LogP contribution in [0, 0.1) is 13.8 Å². The van der Waals surface area contributed by atoms with Gasteiger partial charge in [0.2, 0.25) is 0 Å². The van der Waals surface area contributed by atoms with Crippen molar-refractivity contribution >= 4 is 11.8 Å². The van der Waals surface area contributed by atoms with Crippen molar-refractivity contribution in [2.45, 2.75) is 30.6 Å². The number of hydrogen-bond donors (Lipinski definition) is 1. The summed E-state index contributed by atoms with van der Waals surface area (Å²) in [5.41, 5.74) is 2.90. The van der Waals surface area contributed by atoms with Crippen molar-refractivity contribution in [3.05, 3.63) is 41.3 Å². The molecule has 2 rings (SSSR count). The van der Waals surface area contributed by atoms with Crippen molar-refractivity contribution < 1.29 is 9.52 Å². The number of nitrogens with zero attached hydrogens (tertiary/aromatic N) is 1. The molecule has 0 saturated heterocycles. The third kappa shape index (κ3) is 2.46. The number of aromatic nitrogens is 1. The van der Waals surface area contributed by atoms with Crippen molar-refractivity contribution in [1.82, 2.24) is 4.98 Å². The van der Waals surface area contributed by atoms with Crippen LogP contribution in [0.1, 0.15) is 16.8 Å². The molecule has 2 aromatic rings. The van der Waals surface area contributed by atoms with Gasteiger partial charge in [0, 0.05) is 4.90 Å². The normalized spacial score (nSPS) is 10.7. The summed E-state index contributed by atoms with van der Waals surface area (Å²) in [6, 6.07) is 5.96. The van der Waals surface area contributed by atoms with E-state index in [1.54, 1.807) is 6.26 Å². The number of oxazole rings is 1. The highest BCUT2D eigenvalue weighted by Gasteiger charge is 2.08. The topological polar surface area (TPSA) is 46.3 Å². The quantitative estimate of drug-likeness (QED) is 0.888. The van der Waals surface area contributed by atoms with E-state index in [0.717, 1.165) is 21.7 Å². The number of aryl methyl sites for hydroxylation is 2. The average molecular weight is 235 g/mol. The molecular formula is C12H13NO2S. The Hall–Kier alpha value is -1.26. The summed E-state index contributed by atoms with van der Waals surface area (Å²) in [6.07, 6.45) is 1.62. The second kappa shape index (κ2) is 4.72. The Labute approximate surface area is 98.5 Å². The molecule has 0 atom stereocenters. The lowest BCUT2D eigenvalue weighted by Gasteiger charge is -2.05. The van der Waals surface area contributed by atoms with Gasteiger partial charge in [-0.15, -0.1) is 0 Å². The van der Waals surface area contributed by atoms with Crippen LogP contribution in [0.15, 0.2) is 39.0 Å². The van der Waals surface area contributed by atoms with Crippen molar-refractivity contribution in [1.29, 1.82) is 0 Å². The van der Waals surface area contributed by atoms with Crippen molar-refractivity contribution in [3.63, 3.8) is 0 Å². The third-order valence-corrected chi connectivity index (χ3v) is 3.16. The van der Waals surface area contributed by atoms with Crippen LogP contribution in [0.3, 0.4) is 0 Å². The van der Waals surface area contributed by atoms with E-state index in [9.17, 15) is 5.11 Å². The Morgan fingerprint density at radius 1 is 1.38 bits per heavy atom. The minimum atomic E-state index is 0.0315. The Balaban J connectivity index is 2.27. The maximum absolute atomic E-state index is 9.26. The Morgan fingerprint density at radius 3 is 2.81 bits per heavy atom. The lowest BCUT2D eigenvalue weighted by molar-refractivity contribution is 0.279. The summed E-state index contributed by atoms with van der Waals surface area (Å²) >= 11 is 1.43. The fraction of sp³-hybridized carbons (Fsp3) is 0.250. The summed E-state index contributed by atoms with van der Waals surface area (Å²) in [5.74, 6) is 0. The van der Waals surface area contributed by atoms with Gasteiger partial charge in [0.1, 0.15) is 6.26 Å². The minimum Gasteiger partial charge on any atom is -0.439 e. The van der Waals surface area contributed by atoms with Crippen LogP contribution in [0.5, 0.6) is 0 Å². The average Bonchev–Trinajstić information content (AvgIpc) is 2.67. The van der Waals surface area contributed by atoms with Gasteiger partial charge in [0.15, 0.2) is 0 Å². The summed E-state index contributed by atoms with van der Waals surface area (Å²) in [7, 11) is 0. The fourth-order valence-electron chi connectivity index (χ4n) is 1.40. The molecule has 3 nitrogen and oxygen atoms in total. The first-order chi connectivity index (χ1) is 7.69. The highest BCUT2D eigenvalue weighted by Crippen LogP contribution is 2.30. The zero-order valence-corrected chi connectivity index (χ0v) is 10.0. The van der Waals surface area contributed by atoms with E-state index in [0.29, 0.717) is 5.22 Å². The van der Waals surface area contributed by atoms with E-state index < -0.39 is 0 Å². The van der Waals surface area contributed by atoms with Crippen LogP contribution in [-0.4, -0.2) is 10.1 Å². The third-order valence-electron chi connectivity index (χ3n) is 2.18. The molecule has 0 aliphatic heterocycles.